The van der Waals surface area contributed by atoms with E-state index in [9.17, 15) is 14.4 Å². The molecule has 3 unspecified atom stereocenters. The number of esters is 1. The van der Waals surface area contributed by atoms with Crippen LogP contribution in [0.3, 0.4) is 0 Å². The first kappa shape index (κ1) is 45.4. The van der Waals surface area contributed by atoms with Crippen LogP contribution in [0.15, 0.2) is 18.2 Å². The van der Waals surface area contributed by atoms with Gasteiger partial charge in [-0.1, -0.05) is 22.9 Å². The van der Waals surface area contributed by atoms with E-state index in [0.717, 1.165) is 63.0 Å². The molecule has 7 rings (SSSR count). The first-order valence-corrected chi connectivity index (χ1v) is 22.5. The van der Waals surface area contributed by atoms with Gasteiger partial charge in [-0.25, -0.2) is 23.4 Å². The number of piperazine rings is 1. The summed E-state index contributed by atoms with van der Waals surface area (Å²) in [5, 5.41) is 2.99. The Bertz CT molecular complexity index is 2310. The van der Waals surface area contributed by atoms with Gasteiger partial charge in [-0.05, 0) is 124 Å². The molecule has 2 aromatic heterocycles. The normalized spacial score (nSPS) is 19.2. The van der Waals surface area contributed by atoms with E-state index < -0.39 is 28.9 Å². The number of piperidine rings is 1. The van der Waals surface area contributed by atoms with Crippen molar-refractivity contribution in [1.29, 1.82) is 0 Å². The molecule has 0 aliphatic carbocycles. The van der Waals surface area contributed by atoms with Crippen molar-refractivity contribution in [3.05, 3.63) is 34.9 Å². The minimum Gasteiger partial charge on any atom is -0.469 e. The zero-order valence-electron chi connectivity index (χ0n) is 36.6. The average Bonchev–Trinajstić information content (AvgIpc) is 3.72. The van der Waals surface area contributed by atoms with Gasteiger partial charge >= 0.3 is 24.2 Å². The SMILES string of the molecule is COC(=O)CCCC1CCN(CC(C)Oc2nc(N3CC4CCC(C3)N4C(=O)OC(C)(C)C)c3cc(Cl)c(-c4ccc(F)c5sc(NC(=O)OC(C)(C)C)nc45)c(F)c3n2)CC1. The number of nitrogens with one attached hydrogen (secondary N) is 1. The highest BCUT2D eigenvalue weighted by atomic mass is 35.5. The number of nitrogens with zero attached hydrogens (tertiary/aromatic N) is 6. The van der Waals surface area contributed by atoms with Crippen LogP contribution in [0.5, 0.6) is 6.01 Å². The number of carbonyl (C=O) groups is 3. The Kier molecular flexibility index (Phi) is 13.4. The molecule has 0 radical (unpaired) electrons. The summed E-state index contributed by atoms with van der Waals surface area (Å²) in [7, 11) is 1.41. The third kappa shape index (κ3) is 10.4. The number of fused-ring (bicyclic) bond motifs is 4. The van der Waals surface area contributed by atoms with Crippen LogP contribution < -0.4 is 15.0 Å². The Morgan fingerprint density at radius 3 is 2.27 bits per heavy atom. The van der Waals surface area contributed by atoms with E-state index in [2.05, 4.69) is 20.2 Å². The molecule has 2 bridgehead atoms. The van der Waals surface area contributed by atoms with Crippen LogP contribution in [-0.4, -0.2) is 112 Å². The molecular formula is C44H56ClF2N7O7S. The zero-order chi connectivity index (χ0) is 44.7. The number of methoxy groups -OCH3 is 1. The van der Waals surface area contributed by atoms with E-state index in [1.807, 2.05) is 37.5 Å². The molecule has 336 valence electrons. The molecule has 3 aliphatic rings. The average molecular weight is 900 g/mol. The Hall–Kier alpha value is -4.61. The molecule has 1 N–H and O–H groups in total. The fourth-order valence-corrected chi connectivity index (χ4v) is 9.86. The number of hydrogen-bond donors (Lipinski definition) is 1. The third-order valence-electron chi connectivity index (χ3n) is 11.4. The van der Waals surface area contributed by atoms with Gasteiger partial charge in [0.1, 0.15) is 34.5 Å². The lowest BCUT2D eigenvalue weighted by Crippen LogP contribution is -2.57. The fraction of sp³-hybridized carbons (Fsp3) is 0.591. The molecule has 3 saturated heterocycles. The Morgan fingerprint density at radius 1 is 0.952 bits per heavy atom. The lowest BCUT2D eigenvalue weighted by Gasteiger charge is -2.42. The topological polar surface area (TPSA) is 149 Å². The molecular weight excluding hydrogens is 844 g/mol. The maximum absolute atomic E-state index is 17.4. The highest BCUT2D eigenvalue weighted by Crippen LogP contribution is 2.44. The molecule has 2 aromatic carbocycles. The number of amides is 2. The first-order valence-electron chi connectivity index (χ1n) is 21.3. The molecule has 4 aromatic rings. The number of aromatic nitrogens is 3. The minimum atomic E-state index is -0.781. The fourth-order valence-electron chi connectivity index (χ4n) is 8.69. The van der Waals surface area contributed by atoms with E-state index in [-0.39, 0.29) is 73.3 Å². The third-order valence-corrected chi connectivity index (χ3v) is 12.6. The number of ether oxygens (including phenoxy) is 4. The summed E-state index contributed by atoms with van der Waals surface area (Å²) in [4.78, 5) is 57.8. The largest absolute Gasteiger partial charge is 0.469 e. The second kappa shape index (κ2) is 18.2. The molecule has 0 saturated carbocycles. The lowest BCUT2D eigenvalue weighted by atomic mass is 9.91. The molecule has 2 amide bonds. The Labute approximate surface area is 369 Å². The monoisotopic (exact) mass is 899 g/mol. The summed E-state index contributed by atoms with van der Waals surface area (Å²) in [6.07, 6.45) is 4.26. The van der Waals surface area contributed by atoms with Crippen LogP contribution in [0.4, 0.5) is 29.3 Å². The molecule has 3 fully saturated rings. The van der Waals surface area contributed by atoms with Crippen molar-refractivity contribution in [2.75, 3.05) is 50.1 Å². The quantitative estimate of drug-likeness (QED) is 0.113. The predicted molar refractivity (Wildman–Crippen MR) is 235 cm³/mol. The van der Waals surface area contributed by atoms with E-state index in [1.54, 1.807) is 26.8 Å². The molecule has 5 heterocycles. The number of benzene rings is 2. The van der Waals surface area contributed by atoms with E-state index in [1.165, 1.54) is 19.2 Å². The van der Waals surface area contributed by atoms with Crippen molar-refractivity contribution >= 4 is 73.2 Å². The number of hydrogen-bond acceptors (Lipinski definition) is 13. The zero-order valence-corrected chi connectivity index (χ0v) is 38.2. The summed E-state index contributed by atoms with van der Waals surface area (Å²) in [5.41, 5.74) is -1.23. The van der Waals surface area contributed by atoms with E-state index >= 15 is 8.78 Å². The number of anilines is 2. The van der Waals surface area contributed by atoms with Gasteiger partial charge < -0.3 is 23.8 Å². The second-order valence-corrected chi connectivity index (χ2v) is 19.9. The summed E-state index contributed by atoms with van der Waals surface area (Å²) in [5.74, 6) is -0.612. The maximum atomic E-state index is 17.4. The number of likely N-dealkylation sites (tertiary alicyclic amines) is 1. The van der Waals surface area contributed by atoms with Crippen LogP contribution >= 0.6 is 22.9 Å². The predicted octanol–water partition coefficient (Wildman–Crippen LogP) is 9.60. The molecule has 14 nitrogen and oxygen atoms in total. The van der Waals surface area contributed by atoms with Crippen molar-refractivity contribution < 1.29 is 42.1 Å². The second-order valence-electron chi connectivity index (χ2n) is 18.5. The van der Waals surface area contributed by atoms with E-state index in [4.69, 9.17) is 35.5 Å². The van der Waals surface area contributed by atoms with Gasteiger partial charge in [-0.2, -0.15) is 9.97 Å². The Balaban J connectivity index is 1.21. The summed E-state index contributed by atoms with van der Waals surface area (Å²) >= 11 is 7.89. The summed E-state index contributed by atoms with van der Waals surface area (Å²) in [6.45, 7) is 15.8. The van der Waals surface area contributed by atoms with Crippen molar-refractivity contribution in [2.24, 2.45) is 5.92 Å². The van der Waals surface area contributed by atoms with Crippen LogP contribution in [0, 0.1) is 17.6 Å². The maximum Gasteiger partial charge on any atom is 0.413 e. The van der Waals surface area contributed by atoms with Crippen molar-refractivity contribution in [3.8, 4) is 17.1 Å². The van der Waals surface area contributed by atoms with Crippen LogP contribution in [0.1, 0.15) is 93.4 Å². The lowest BCUT2D eigenvalue weighted by molar-refractivity contribution is -0.140. The molecule has 18 heteroatoms. The van der Waals surface area contributed by atoms with Gasteiger partial charge in [0.05, 0.1) is 34.4 Å². The van der Waals surface area contributed by atoms with Crippen LogP contribution in [-0.2, 0) is 19.0 Å². The molecule has 62 heavy (non-hydrogen) atoms. The van der Waals surface area contributed by atoms with Crippen molar-refractivity contribution in [1.82, 2.24) is 24.8 Å². The number of carbonyl (C=O) groups excluding carboxylic acids is 3. The van der Waals surface area contributed by atoms with Crippen molar-refractivity contribution in [3.63, 3.8) is 0 Å². The highest BCUT2D eigenvalue weighted by molar-refractivity contribution is 7.22. The van der Waals surface area contributed by atoms with Gasteiger partial charge in [0.25, 0.3) is 0 Å². The number of halogens is 3. The molecule has 3 atom stereocenters. The van der Waals surface area contributed by atoms with Gasteiger partial charge in [-0.15, -0.1) is 0 Å². The number of rotatable bonds is 11. The smallest absolute Gasteiger partial charge is 0.413 e. The first-order chi connectivity index (χ1) is 29.3. The van der Waals surface area contributed by atoms with Gasteiger partial charge in [0, 0.05) is 42.6 Å². The molecule has 0 spiro atoms. The van der Waals surface area contributed by atoms with Crippen LogP contribution in [0.25, 0.3) is 32.2 Å². The minimum absolute atomic E-state index is 0.0199. The van der Waals surface area contributed by atoms with Gasteiger partial charge in [0.15, 0.2) is 10.9 Å². The Morgan fingerprint density at radius 2 is 1.63 bits per heavy atom. The highest BCUT2D eigenvalue weighted by Gasteiger charge is 2.45. The molecule has 3 aliphatic heterocycles. The van der Waals surface area contributed by atoms with E-state index in [0.29, 0.717) is 43.2 Å². The number of thiazole rings is 1. The van der Waals surface area contributed by atoms with Crippen LogP contribution in [0.2, 0.25) is 5.02 Å². The van der Waals surface area contributed by atoms with Gasteiger partial charge in [-0.3, -0.25) is 19.9 Å². The summed E-state index contributed by atoms with van der Waals surface area (Å²) < 4.78 is 55.1. The van der Waals surface area contributed by atoms with Gasteiger partial charge in [0.2, 0.25) is 0 Å². The van der Waals surface area contributed by atoms with Crippen molar-refractivity contribution in [2.45, 2.75) is 123 Å². The standard InChI is InChI=1S/C44H56ClF2N7O7S/c1-24(21-52-18-16-25(17-19-52)10-9-11-32(55)58-8)59-39-48-35-29(38(50-39)53-22-26-12-13-27(23-53)54(26)42(57)61-44(5,6)7)20-30(45)33(34(35)47)28-14-15-31(46)37-36(28)49-40(62-37)51-41(56)60-43(2,3)4/h14-15,20,24-27H,9-13,16-19,21-23H2,1-8H3,(H,49,51,56). The summed E-state index contributed by atoms with van der Waals surface area (Å²) in [6, 6.07) is 3.87.